The third kappa shape index (κ3) is 4.67. The Morgan fingerprint density at radius 1 is 1.11 bits per heavy atom. The van der Waals surface area contributed by atoms with Gasteiger partial charge in [-0.2, -0.15) is 0 Å². The van der Waals surface area contributed by atoms with E-state index in [2.05, 4.69) is 10.2 Å². The highest BCUT2D eigenvalue weighted by Gasteiger charge is 2.46. The molecule has 11 heteroatoms. The van der Waals surface area contributed by atoms with Gasteiger partial charge >= 0.3 is 0 Å². The van der Waals surface area contributed by atoms with Crippen LogP contribution in [-0.2, 0) is 10.5 Å². The molecule has 0 aliphatic carbocycles. The summed E-state index contributed by atoms with van der Waals surface area (Å²) in [6.07, 6.45) is 0. The van der Waals surface area contributed by atoms with Crippen molar-refractivity contribution in [3.63, 3.8) is 0 Å². The molecule has 36 heavy (non-hydrogen) atoms. The Balaban J connectivity index is 1.50. The Bertz CT molecular complexity index is 1500. The maximum Gasteiger partial charge on any atom is 0.296 e. The van der Waals surface area contributed by atoms with Gasteiger partial charge in [-0.05, 0) is 48.4 Å². The molecule has 1 aliphatic heterocycles. The van der Waals surface area contributed by atoms with Crippen LogP contribution in [0.3, 0.4) is 0 Å². The first-order valence-electron chi connectivity index (χ1n) is 10.7. The van der Waals surface area contributed by atoms with E-state index in [0.29, 0.717) is 31.5 Å². The Kier molecular flexibility index (Phi) is 6.90. The zero-order valence-electron chi connectivity index (χ0n) is 18.6. The van der Waals surface area contributed by atoms with Crippen LogP contribution in [0.4, 0.5) is 5.13 Å². The molecule has 0 saturated heterocycles. The third-order valence-electron chi connectivity index (χ3n) is 5.51. The number of furan rings is 1. The summed E-state index contributed by atoms with van der Waals surface area (Å²) in [6.45, 7) is 1.71. The lowest BCUT2D eigenvalue weighted by Crippen LogP contribution is -2.31. The van der Waals surface area contributed by atoms with E-state index in [1.165, 1.54) is 34.1 Å². The second kappa shape index (κ2) is 10.1. The first-order valence-corrected chi connectivity index (χ1v) is 13.2. The first kappa shape index (κ1) is 24.6. The van der Waals surface area contributed by atoms with E-state index in [4.69, 9.17) is 27.6 Å². The van der Waals surface area contributed by atoms with E-state index in [-0.39, 0.29) is 16.5 Å². The maximum absolute atomic E-state index is 13.4. The van der Waals surface area contributed by atoms with Gasteiger partial charge in [0.1, 0.15) is 5.76 Å². The number of nitrogens with zero attached hydrogens (tertiary/aromatic N) is 3. The zero-order valence-corrected chi connectivity index (χ0v) is 21.8. The number of rotatable bonds is 7. The molecule has 1 N–H and O–H groups in total. The van der Waals surface area contributed by atoms with Crippen LogP contribution in [0.25, 0.3) is 0 Å². The van der Waals surface area contributed by atoms with Crippen LogP contribution in [0, 0.1) is 6.92 Å². The van der Waals surface area contributed by atoms with Crippen molar-refractivity contribution in [1.82, 2.24) is 10.2 Å². The first-order chi connectivity index (χ1) is 17.3. The quantitative estimate of drug-likeness (QED) is 0.151. The van der Waals surface area contributed by atoms with E-state index in [1.807, 2.05) is 24.3 Å². The number of Topliss-reactive ketones (excluding diaryl/α,β-unsaturated/α-hetero) is 1. The topological polar surface area (TPSA) is 96.5 Å². The lowest BCUT2D eigenvalue weighted by Gasteiger charge is -2.23. The van der Waals surface area contributed by atoms with E-state index in [1.54, 1.807) is 37.3 Å². The summed E-state index contributed by atoms with van der Waals surface area (Å²) in [4.78, 5) is 27.9. The van der Waals surface area contributed by atoms with Crippen LogP contribution in [0.15, 0.2) is 80.8 Å². The molecule has 3 heterocycles. The number of aryl methyl sites for hydroxylation is 1. The van der Waals surface area contributed by atoms with Crippen molar-refractivity contribution in [1.29, 1.82) is 0 Å². The minimum atomic E-state index is -0.943. The van der Waals surface area contributed by atoms with Gasteiger partial charge in [-0.15, -0.1) is 10.2 Å². The summed E-state index contributed by atoms with van der Waals surface area (Å²) in [5.41, 5.74) is 1.42. The number of aliphatic hydroxyl groups excluding tert-OH is 1. The van der Waals surface area contributed by atoms with Crippen LogP contribution in [0.5, 0.6) is 0 Å². The van der Waals surface area contributed by atoms with Gasteiger partial charge in [0.25, 0.3) is 5.91 Å². The monoisotopic (exact) mass is 557 g/mol. The Labute approximate surface area is 224 Å². The van der Waals surface area contributed by atoms with Gasteiger partial charge in [-0.3, -0.25) is 14.5 Å². The second-order valence-corrected chi connectivity index (χ2v) is 10.9. The molecular weight excluding hydrogens is 541 g/mol. The number of anilines is 1. The van der Waals surface area contributed by atoms with Gasteiger partial charge in [0.05, 0.1) is 11.6 Å². The molecule has 1 aliphatic rings. The average Bonchev–Trinajstić information content (AvgIpc) is 3.57. The number of thioether (sulfide) groups is 1. The number of benzene rings is 2. The van der Waals surface area contributed by atoms with Crippen molar-refractivity contribution in [3.8, 4) is 0 Å². The summed E-state index contributed by atoms with van der Waals surface area (Å²) < 4.78 is 6.09. The standard InChI is InChI=1S/C25H17Cl2N3O4S2/c1-13-6-11-18(34-13)21(31)19-20(14-7-9-16(26)10-8-14)30(23(33)22(19)32)24-28-29-25(36-24)35-12-15-4-2-3-5-17(15)27/h2-11,20,32H,12H2,1H3. The van der Waals surface area contributed by atoms with Gasteiger partial charge in [0.15, 0.2) is 15.9 Å². The molecule has 182 valence electrons. The fraction of sp³-hybridized carbons (Fsp3) is 0.120. The molecule has 7 nitrogen and oxygen atoms in total. The molecule has 2 aromatic carbocycles. The predicted octanol–water partition coefficient (Wildman–Crippen LogP) is 6.82. The lowest BCUT2D eigenvalue weighted by molar-refractivity contribution is -0.117. The third-order valence-corrected chi connectivity index (χ3v) is 8.24. The Hall–Kier alpha value is -3.11. The van der Waals surface area contributed by atoms with Gasteiger partial charge in [0, 0.05) is 15.8 Å². The molecule has 0 spiro atoms. The van der Waals surface area contributed by atoms with Crippen LogP contribution in [0.1, 0.15) is 33.5 Å². The highest BCUT2D eigenvalue weighted by atomic mass is 35.5. The van der Waals surface area contributed by atoms with E-state index in [0.717, 1.165) is 5.56 Å². The van der Waals surface area contributed by atoms with Crippen molar-refractivity contribution in [2.75, 3.05) is 4.90 Å². The lowest BCUT2D eigenvalue weighted by atomic mass is 9.95. The van der Waals surface area contributed by atoms with Crippen molar-refractivity contribution < 1.29 is 19.1 Å². The van der Waals surface area contributed by atoms with Crippen molar-refractivity contribution >= 4 is 63.1 Å². The molecule has 4 aromatic rings. The van der Waals surface area contributed by atoms with Gasteiger partial charge in [-0.1, -0.05) is 76.6 Å². The molecule has 2 aromatic heterocycles. The molecule has 0 fully saturated rings. The SMILES string of the molecule is Cc1ccc(C(=O)C2=C(O)C(=O)N(c3nnc(SCc4ccccc4Cl)s3)C2c2ccc(Cl)cc2)o1. The molecule has 0 bridgehead atoms. The molecule has 0 radical (unpaired) electrons. The molecule has 0 saturated carbocycles. The molecule has 1 unspecified atom stereocenters. The van der Waals surface area contributed by atoms with Crippen LogP contribution < -0.4 is 4.90 Å². The Morgan fingerprint density at radius 3 is 2.56 bits per heavy atom. The number of carbonyl (C=O) groups is 2. The minimum absolute atomic E-state index is 0.0240. The number of aromatic nitrogens is 2. The predicted molar refractivity (Wildman–Crippen MR) is 140 cm³/mol. The number of amides is 1. The fourth-order valence-electron chi connectivity index (χ4n) is 3.80. The number of carbonyl (C=O) groups excluding carboxylic acids is 2. The summed E-state index contributed by atoms with van der Waals surface area (Å²) in [5, 5.41) is 20.6. The van der Waals surface area contributed by atoms with E-state index < -0.39 is 23.5 Å². The number of halogens is 2. The number of hydrogen-bond acceptors (Lipinski definition) is 8. The van der Waals surface area contributed by atoms with E-state index in [9.17, 15) is 14.7 Å². The summed E-state index contributed by atoms with van der Waals surface area (Å²) in [5.74, 6) is -0.875. The maximum atomic E-state index is 13.4. The number of ketones is 1. The van der Waals surface area contributed by atoms with Gasteiger partial charge in [0.2, 0.25) is 10.9 Å². The molecular formula is C25H17Cl2N3O4S2. The van der Waals surface area contributed by atoms with Crippen LogP contribution in [-0.4, -0.2) is 27.0 Å². The minimum Gasteiger partial charge on any atom is -0.503 e. The highest BCUT2D eigenvalue weighted by molar-refractivity contribution is 8.00. The smallest absolute Gasteiger partial charge is 0.296 e. The average molecular weight is 558 g/mol. The Morgan fingerprint density at radius 2 is 1.86 bits per heavy atom. The van der Waals surface area contributed by atoms with Crippen LogP contribution >= 0.6 is 46.3 Å². The second-order valence-electron chi connectivity index (χ2n) is 7.86. The normalized spacial score (nSPS) is 15.7. The van der Waals surface area contributed by atoms with Gasteiger partial charge in [-0.25, -0.2) is 0 Å². The fourth-order valence-corrected chi connectivity index (χ4v) is 6.08. The van der Waals surface area contributed by atoms with E-state index >= 15 is 0 Å². The molecule has 5 rings (SSSR count). The zero-order chi connectivity index (χ0) is 25.4. The highest BCUT2D eigenvalue weighted by Crippen LogP contribution is 2.44. The largest absolute Gasteiger partial charge is 0.503 e. The van der Waals surface area contributed by atoms with Gasteiger partial charge < -0.3 is 9.52 Å². The van der Waals surface area contributed by atoms with Crippen molar-refractivity contribution in [2.24, 2.45) is 0 Å². The van der Waals surface area contributed by atoms with Crippen molar-refractivity contribution in [2.45, 2.75) is 23.1 Å². The van der Waals surface area contributed by atoms with Crippen molar-refractivity contribution in [3.05, 3.63) is 105 Å². The molecule has 1 atom stereocenters. The summed E-state index contributed by atoms with van der Waals surface area (Å²) >= 11 is 14.9. The number of hydrogen-bond donors (Lipinski definition) is 1. The molecule has 1 amide bonds. The van der Waals surface area contributed by atoms with Crippen LogP contribution in [0.2, 0.25) is 10.0 Å². The number of aliphatic hydroxyl groups is 1. The summed E-state index contributed by atoms with van der Waals surface area (Å²) in [7, 11) is 0. The summed E-state index contributed by atoms with van der Waals surface area (Å²) in [6, 6.07) is 16.4.